The SMILES string of the molecule is CCN(C(=O)C1CCc2c(sc3ncnc(Nc4cc5c(cc4OC(C)C)NCC=C5)c23)C1)C(C)C. The smallest absolute Gasteiger partial charge is 0.226 e. The summed E-state index contributed by atoms with van der Waals surface area (Å²) >= 11 is 1.70. The van der Waals surface area contributed by atoms with E-state index < -0.39 is 0 Å². The van der Waals surface area contributed by atoms with Crippen molar-refractivity contribution >= 4 is 50.7 Å². The van der Waals surface area contributed by atoms with Crippen LogP contribution in [0.3, 0.4) is 0 Å². The summed E-state index contributed by atoms with van der Waals surface area (Å²) in [7, 11) is 0. The van der Waals surface area contributed by atoms with E-state index in [2.05, 4.69) is 65.7 Å². The average Bonchev–Trinajstić information content (AvgIpc) is 3.23. The van der Waals surface area contributed by atoms with Crippen molar-refractivity contribution in [1.29, 1.82) is 0 Å². The predicted octanol–water partition coefficient (Wildman–Crippen LogP) is 6.02. The van der Waals surface area contributed by atoms with Crippen LogP contribution in [0.2, 0.25) is 0 Å². The number of aryl methyl sites for hydroxylation is 1. The van der Waals surface area contributed by atoms with Crippen LogP contribution in [0, 0.1) is 5.92 Å². The first-order valence-corrected chi connectivity index (χ1v) is 13.7. The minimum absolute atomic E-state index is 0.0308. The number of ether oxygens (including phenoxy) is 1. The highest BCUT2D eigenvalue weighted by molar-refractivity contribution is 7.19. The van der Waals surface area contributed by atoms with Gasteiger partial charge in [0, 0.05) is 41.7 Å². The van der Waals surface area contributed by atoms with Crippen LogP contribution in [-0.4, -0.2) is 46.0 Å². The number of aromatic nitrogens is 2. The number of amides is 1. The van der Waals surface area contributed by atoms with Gasteiger partial charge >= 0.3 is 0 Å². The average molecular weight is 506 g/mol. The fourth-order valence-electron chi connectivity index (χ4n) is 5.24. The highest BCUT2D eigenvalue weighted by Gasteiger charge is 2.32. The maximum atomic E-state index is 13.2. The van der Waals surface area contributed by atoms with E-state index in [0.717, 1.165) is 71.1 Å². The molecule has 3 aromatic rings. The highest BCUT2D eigenvalue weighted by Crippen LogP contribution is 2.42. The molecule has 2 N–H and O–H groups in total. The van der Waals surface area contributed by atoms with Gasteiger partial charge in [-0.2, -0.15) is 0 Å². The quantitative estimate of drug-likeness (QED) is 0.409. The normalized spacial score (nSPS) is 16.6. The van der Waals surface area contributed by atoms with E-state index in [1.165, 1.54) is 10.4 Å². The molecule has 0 saturated carbocycles. The van der Waals surface area contributed by atoms with E-state index in [1.807, 2.05) is 18.7 Å². The summed E-state index contributed by atoms with van der Waals surface area (Å²) in [6.07, 6.45) is 8.40. The van der Waals surface area contributed by atoms with Gasteiger partial charge in [0.25, 0.3) is 0 Å². The van der Waals surface area contributed by atoms with E-state index in [4.69, 9.17) is 4.74 Å². The number of hydrogen-bond donors (Lipinski definition) is 2. The molecule has 0 radical (unpaired) electrons. The van der Waals surface area contributed by atoms with Gasteiger partial charge in [0.15, 0.2) is 0 Å². The highest BCUT2D eigenvalue weighted by atomic mass is 32.1. The summed E-state index contributed by atoms with van der Waals surface area (Å²) in [6, 6.07) is 4.40. The summed E-state index contributed by atoms with van der Waals surface area (Å²) in [6.45, 7) is 11.9. The monoisotopic (exact) mass is 505 g/mol. The molecule has 2 aromatic heterocycles. The molecule has 1 aliphatic carbocycles. The number of thiophene rings is 1. The number of carbonyl (C=O) groups excluding carboxylic acids is 1. The molecule has 5 rings (SSSR count). The lowest BCUT2D eigenvalue weighted by Gasteiger charge is -2.31. The molecule has 0 saturated heterocycles. The summed E-state index contributed by atoms with van der Waals surface area (Å²) < 4.78 is 6.17. The Morgan fingerprint density at radius 3 is 2.86 bits per heavy atom. The predicted molar refractivity (Wildman–Crippen MR) is 148 cm³/mol. The Morgan fingerprint density at radius 1 is 1.28 bits per heavy atom. The Labute approximate surface area is 217 Å². The Bertz CT molecular complexity index is 1310. The Balaban J connectivity index is 1.49. The lowest BCUT2D eigenvalue weighted by molar-refractivity contribution is -0.137. The second kappa shape index (κ2) is 10.1. The second-order valence-corrected chi connectivity index (χ2v) is 11.2. The molecule has 8 heteroatoms. The second-order valence-electron chi connectivity index (χ2n) is 10.1. The van der Waals surface area contributed by atoms with Gasteiger partial charge < -0.3 is 20.3 Å². The lowest BCUT2D eigenvalue weighted by Crippen LogP contribution is -2.42. The third-order valence-electron chi connectivity index (χ3n) is 6.92. The van der Waals surface area contributed by atoms with Gasteiger partial charge in [-0.3, -0.25) is 4.79 Å². The molecule has 1 amide bonds. The minimum Gasteiger partial charge on any atom is -0.489 e. The number of carbonyl (C=O) groups is 1. The third kappa shape index (κ3) is 4.66. The van der Waals surface area contributed by atoms with E-state index in [1.54, 1.807) is 17.7 Å². The standard InChI is InChI=1S/C28H35N5O2S/c1-6-33(16(2)3)28(34)19-9-10-20-24(13-19)36-27-25(20)26(30-15-31-27)32-22-12-18-8-7-11-29-21(18)14-23(22)35-17(4)5/h7-8,12,14-17,19,29H,6,9-11,13H2,1-5H3,(H,30,31,32). The van der Waals surface area contributed by atoms with Crippen LogP contribution < -0.4 is 15.4 Å². The van der Waals surface area contributed by atoms with Crippen molar-refractivity contribution in [2.45, 2.75) is 66.0 Å². The Kier molecular flexibility index (Phi) is 6.88. The molecular formula is C28H35N5O2S. The maximum Gasteiger partial charge on any atom is 0.226 e. The number of hydrogen-bond acceptors (Lipinski definition) is 7. The summed E-state index contributed by atoms with van der Waals surface area (Å²) in [5.74, 6) is 1.89. The third-order valence-corrected chi connectivity index (χ3v) is 8.08. The lowest BCUT2D eigenvalue weighted by atomic mass is 9.86. The zero-order valence-corrected chi connectivity index (χ0v) is 22.5. The van der Waals surface area contributed by atoms with Gasteiger partial charge in [-0.1, -0.05) is 12.2 Å². The van der Waals surface area contributed by atoms with E-state index in [9.17, 15) is 4.79 Å². The minimum atomic E-state index is 0.0308. The molecule has 0 bridgehead atoms. The molecule has 0 fully saturated rings. The molecule has 1 atom stereocenters. The van der Waals surface area contributed by atoms with Crippen LogP contribution in [0.1, 0.15) is 57.0 Å². The molecule has 0 spiro atoms. The fraction of sp³-hybridized carbons (Fsp3) is 0.464. The van der Waals surface area contributed by atoms with Crippen LogP contribution in [0.15, 0.2) is 24.5 Å². The Hall–Kier alpha value is -3.13. The van der Waals surface area contributed by atoms with Gasteiger partial charge in [-0.05, 0) is 71.1 Å². The van der Waals surface area contributed by atoms with E-state index in [-0.39, 0.29) is 24.0 Å². The fourth-order valence-corrected chi connectivity index (χ4v) is 6.51. The molecule has 2 aliphatic rings. The van der Waals surface area contributed by atoms with Gasteiger partial charge in [-0.15, -0.1) is 11.3 Å². The van der Waals surface area contributed by atoms with Crippen LogP contribution in [-0.2, 0) is 17.6 Å². The molecule has 1 aromatic carbocycles. The first-order chi connectivity index (χ1) is 17.4. The van der Waals surface area contributed by atoms with Crippen molar-refractivity contribution in [2.24, 2.45) is 5.92 Å². The maximum absolute atomic E-state index is 13.2. The number of nitrogens with zero attached hydrogens (tertiary/aromatic N) is 3. The largest absolute Gasteiger partial charge is 0.489 e. The van der Waals surface area contributed by atoms with Crippen molar-refractivity contribution in [3.05, 3.63) is 40.5 Å². The van der Waals surface area contributed by atoms with Crippen molar-refractivity contribution in [3.63, 3.8) is 0 Å². The number of nitrogens with one attached hydrogen (secondary N) is 2. The number of anilines is 3. The first kappa shape index (κ1) is 24.6. The van der Waals surface area contributed by atoms with Gasteiger partial charge in [0.05, 0.1) is 17.2 Å². The number of benzene rings is 1. The molecule has 190 valence electrons. The van der Waals surface area contributed by atoms with E-state index in [0.29, 0.717) is 0 Å². The van der Waals surface area contributed by atoms with Crippen molar-refractivity contribution in [3.8, 4) is 5.75 Å². The molecule has 1 aliphatic heterocycles. The first-order valence-electron chi connectivity index (χ1n) is 12.9. The van der Waals surface area contributed by atoms with Crippen molar-refractivity contribution in [1.82, 2.24) is 14.9 Å². The number of rotatable bonds is 7. The van der Waals surface area contributed by atoms with Gasteiger partial charge in [0.2, 0.25) is 5.91 Å². The van der Waals surface area contributed by atoms with E-state index >= 15 is 0 Å². The number of fused-ring (bicyclic) bond motifs is 4. The summed E-state index contributed by atoms with van der Waals surface area (Å²) in [5.41, 5.74) is 4.35. The summed E-state index contributed by atoms with van der Waals surface area (Å²) in [4.78, 5) is 26.7. The zero-order valence-electron chi connectivity index (χ0n) is 21.7. The van der Waals surface area contributed by atoms with Crippen LogP contribution in [0.5, 0.6) is 5.75 Å². The molecule has 3 heterocycles. The summed E-state index contributed by atoms with van der Waals surface area (Å²) in [5, 5.41) is 8.06. The Morgan fingerprint density at radius 2 is 2.11 bits per heavy atom. The van der Waals surface area contributed by atoms with Gasteiger partial charge in [0.1, 0.15) is 22.7 Å². The van der Waals surface area contributed by atoms with Crippen LogP contribution >= 0.6 is 11.3 Å². The molecule has 7 nitrogen and oxygen atoms in total. The topological polar surface area (TPSA) is 79.4 Å². The molecular weight excluding hydrogens is 470 g/mol. The van der Waals surface area contributed by atoms with Crippen molar-refractivity contribution < 1.29 is 9.53 Å². The molecule has 1 unspecified atom stereocenters. The van der Waals surface area contributed by atoms with Crippen LogP contribution in [0.25, 0.3) is 16.3 Å². The van der Waals surface area contributed by atoms with Crippen molar-refractivity contribution in [2.75, 3.05) is 23.7 Å². The molecule has 36 heavy (non-hydrogen) atoms. The zero-order chi connectivity index (χ0) is 25.4. The van der Waals surface area contributed by atoms with Gasteiger partial charge in [-0.25, -0.2) is 9.97 Å². The van der Waals surface area contributed by atoms with Crippen LogP contribution in [0.4, 0.5) is 17.2 Å².